The van der Waals surface area contributed by atoms with E-state index in [1.807, 2.05) is 71.4 Å². The van der Waals surface area contributed by atoms with Crippen molar-refractivity contribution in [2.45, 2.75) is 70.7 Å². The molecule has 0 unspecified atom stereocenters. The van der Waals surface area contributed by atoms with Gasteiger partial charge in [0.15, 0.2) is 0 Å². The molecular formula is C27H33N3O3. The number of ether oxygens (including phenoxy) is 1. The van der Waals surface area contributed by atoms with Crippen LogP contribution in [-0.2, 0) is 23.4 Å². The Bertz CT molecular complexity index is 1060. The molecule has 0 spiro atoms. The van der Waals surface area contributed by atoms with Gasteiger partial charge in [-0.1, -0.05) is 60.7 Å². The van der Waals surface area contributed by atoms with E-state index in [0.29, 0.717) is 18.8 Å². The van der Waals surface area contributed by atoms with Crippen molar-refractivity contribution in [2.75, 3.05) is 4.90 Å². The molecule has 3 aromatic rings. The van der Waals surface area contributed by atoms with Crippen LogP contribution in [0.3, 0.4) is 0 Å². The molecule has 6 heteroatoms. The van der Waals surface area contributed by atoms with Crippen molar-refractivity contribution in [3.63, 3.8) is 0 Å². The van der Waals surface area contributed by atoms with E-state index in [1.165, 1.54) is 0 Å². The molecule has 0 saturated heterocycles. The molecule has 0 radical (unpaired) electrons. The summed E-state index contributed by atoms with van der Waals surface area (Å²) in [5.74, 6) is 0.905. The summed E-state index contributed by atoms with van der Waals surface area (Å²) in [6.45, 7) is 6.81. The maximum absolute atomic E-state index is 13.4. The Hall–Kier alpha value is -3.12. The van der Waals surface area contributed by atoms with E-state index in [0.717, 1.165) is 29.7 Å². The lowest BCUT2D eigenvalue weighted by molar-refractivity contribution is 0.146. The lowest BCUT2D eigenvalue weighted by atomic mass is 10.0. The minimum atomic E-state index is -0.411. The first-order chi connectivity index (χ1) is 15.8. The second-order valence-electron chi connectivity index (χ2n) is 9.79. The molecule has 174 valence electrons. The van der Waals surface area contributed by atoms with Crippen molar-refractivity contribution in [2.24, 2.45) is 0 Å². The number of hydrogen-bond donors (Lipinski definition) is 1. The number of aliphatic hydroxyl groups is 1. The maximum Gasteiger partial charge on any atom is 0.416 e. The molecule has 6 nitrogen and oxygen atoms in total. The zero-order chi connectivity index (χ0) is 23.4. The van der Waals surface area contributed by atoms with Gasteiger partial charge in [-0.15, -0.1) is 0 Å². The maximum atomic E-state index is 13.4. The molecule has 1 aliphatic carbocycles. The number of benzene rings is 2. The summed E-state index contributed by atoms with van der Waals surface area (Å²) < 4.78 is 7.66. The van der Waals surface area contributed by atoms with Gasteiger partial charge in [0.25, 0.3) is 0 Å². The molecule has 33 heavy (non-hydrogen) atoms. The first-order valence-corrected chi connectivity index (χ1v) is 11.6. The number of hydrogen-bond acceptors (Lipinski definition) is 4. The largest absolute Gasteiger partial charge is 0.444 e. The van der Waals surface area contributed by atoms with E-state index in [4.69, 9.17) is 9.84 Å². The van der Waals surface area contributed by atoms with Crippen molar-refractivity contribution < 1.29 is 14.6 Å². The van der Waals surface area contributed by atoms with Gasteiger partial charge in [-0.3, -0.25) is 4.90 Å². The Morgan fingerprint density at radius 3 is 2.27 bits per heavy atom. The quantitative estimate of drug-likeness (QED) is 0.533. The normalized spacial score (nSPS) is 18.3. The molecule has 1 heterocycles. The Labute approximate surface area is 195 Å². The first kappa shape index (κ1) is 23.1. The topological polar surface area (TPSA) is 67.6 Å². The molecule has 2 atom stereocenters. The predicted octanol–water partition coefficient (Wildman–Crippen LogP) is 5.61. The second kappa shape index (κ2) is 9.79. The van der Waals surface area contributed by atoms with Gasteiger partial charge in [-0.25, -0.2) is 9.48 Å². The molecule has 1 aromatic heterocycles. The van der Waals surface area contributed by atoms with Crippen molar-refractivity contribution in [3.8, 4) is 0 Å². The zero-order valence-corrected chi connectivity index (χ0v) is 19.6. The molecule has 2 aromatic carbocycles. The minimum Gasteiger partial charge on any atom is -0.444 e. The Morgan fingerprint density at radius 1 is 1.06 bits per heavy atom. The van der Waals surface area contributed by atoms with Gasteiger partial charge < -0.3 is 9.84 Å². The van der Waals surface area contributed by atoms with E-state index >= 15 is 0 Å². The highest BCUT2D eigenvalue weighted by molar-refractivity contribution is 5.86. The summed E-state index contributed by atoms with van der Waals surface area (Å²) in [5, 5.41) is 15.0. The summed E-state index contributed by atoms with van der Waals surface area (Å²) in [4.78, 5) is 15.1. The summed E-state index contributed by atoms with van der Waals surface area (Å²) in [7, 11) is 0. The van der Waals surface area contributed by atoms with Crippen molar-refractivity contribution in [3.05, 3.63) is 83.6 Å². The van der Waals surface area contributed by atoms with Gasteiger partial charge >= 0.3 is 6.09 Å². The average molecular weight is 448 g/mol. The number of nitrogens with zero attached hydrogens (tertiary/aromatic N) is 3. The van der Waals surface area contributed by atoms with Gasteiger partial charge in [-0.2, -0.15) is 5.10 Å². The van der Waals surface area contributed by atoms with E-state index in [2.05, 4.69) is 20.8 Å². The van der Waals surface area contributed by atoms with Crippen LogP contribution in [0.15, 0.2) is 66.7 Å². The fourth-order valence-electron chi connectivity index (χ4n) is 4.30. The van der Waals surface area contributed by atoms with Crippen LogP contribution >= 0.6 is 0 Å². The second-order valence-corrected chi connectivity index (χ2v) is 9.79. The summed E-state index contributed by atoms with van der Waals surface area (Å²) in [6, 6.07) is 21.6. The lowest BCUT2D eigenvalue weighted by Gasteiger charge is -2.28. The van der Waals surface area contributed by atoms with E-state index in [1.54, 1.807) is 4.90 Å². The third kappa shape index (κ3) is 5.63. The fraction of sp³-hybridized carbons (Fsp3) is 0.407. The van der Waals surface area contributed by atoms with Crippen LogP contribution < -0.4 is 4.90 Å². The van der Waals surface area contributed by atoms with Crippen molar-refractivity contribution in [1.82, 2.24) is 9.78 Å². The molecule has 1 amide bonds. The molecular weight excluding hydrogens is 414 g/mol. The number of carbonyl (C=O) groups is 1. The zero-order valence-electron chi connectivity index (χ0n) is 19.6. The van der Waals surface area contributed by atoms with Gasteiger partial charge in [0.2, 0.25) is 0 Å². The number of aromatic nitrogens is 2. The summed E-state index contributed by atoms with van der Waals surface area (Å²) >= 11 is 0. The van der Waals surface area contributed by atoms with E-state index in [-0.39, 0.29) is 24.2 Å². The van der Waals surface area contributed by atoms with Gasteiger partial charge in [-0.05, 0) is 51.2 Å². The van der Waals surface area contributed by atoms with Crippen LogP contribution in [0.25, 0.3) is 0 Å². The molecule has 0 aliphatic heterocycles. The monoisotopic (exact) mass is 447 g/mol. The first-order valence-electron chi connectivity index (χ1n) is 11.6. The van der Waals surface area contributed by atoms with Crippen LogP contribution in [0.1, 0.15) is 62.8 Å². The van der Waals surface area contributed by atoms with Gasteiger partial charge in [0, 0.05) is 12.0 Å². The average Bonchev–Trinajstić information content (AvgIpc) is 3.44. The Kier molecular flexibility index (Phi) is 6.84. The summed E-state index contributed by atoms with van der Waals surface area (Å²) in [5.41, 5.74) is 2.54. The Balaban J connectivity index is 1.67. The van der Waals surface area contributed by atoms with Gasteiger partial charge in [0.1, 0.15) is 12.4 Å². The number of amides is 1. The van der Waals surface area contributed by atoms with Crippen molar-refractivity contribution >= 4 is 11.9 Å². The van der Waals surface area contributed by atoms with Crippen molar-refractivity contribution in [1.29, 1.82) is 0 Å². The number of anilines is 1. The molecule has 4 rings (SSSR count). The highest BCUT2D eigenvalue weighted by atomic mass is 16.6. The van der Waals surface area contributed by atoms with Crippen LogP contribution in [0, 0.1) is 0 Å². The number of aliphatic hydroxyl groups excluding tert-OH is 1. The van der Waals surface area contributed by atoms with Crippen LogP contribution in [0.5, 0.6) is 0 Å². The molecule has 1 saturated carbocycles. The third-order valence-electron chi connectivity index (χ3n) is 6.05. The minimum absolute atomic E-state index is 0.196. The molecule has 0 bridgehead atoms. The highest BCUT2D eigenvalue weighted by Crippen LogP contribution is 2.37. The van der Waals surface area contributed by atoms with Gasteiger partial charge in [0.05, 0.1) is 23.9 Å². The van der Waals surface area contributed by atoms with Crippen LogP contribution in [-0.4, -0.2) is 27.1 Å². The number of carbonyl (C=O) groups excluding carboxylic acids is 1. The number of rotatable bonds is 6. The third-order valence-corrected chi connectivity index (χ3v) is 6.05. The van der Waals surface area contributed by atoms with E-state index < -0.39 is 6.09 Å². The predicted molar refractivity (Wildman–Crippen MR) is 129 cm³/mol. The Morgan fingerprint density at radius 2 is 1.70 bits per heavy atom. The lowest BCUT2D eigenvalue weighted by Crippen LogP contribution is -2.36. The van der Waals surface area contributed by atoms with Crippen LogP contribution in [0.4, 0.5) is 10.6 Å². The van der Waals surface area contributed by atoms with Crippen LogP contribution in [0.2, 0.25) is 0 Å². The smallest absolute Gasteiger partial charge is 0.416 e. The highest BCUT2D eigenvalue weighted by Gasteiger charge is 2.32. The van der Waals surface area contributed by atoms with E-state index in [9.17, 15) is 9.90 Å². The SMILES string of the molecule is CC(C)(C)n1nc([C@H]2CC[C@@H](O)C2)cc1N(Cc1ccccc1)C(=O)OCc1ccccc1. The summed E-state index contributed by atoms with van der Waals surface area (Å²) in [6.07, 6.45) is 1.70. The molecule has 1 N–H and O–H groups in total. The molecule has 1 aliphatic rings. The standard InChI is InChI=1S/C27H33N3O3/c1-27(2,3)30-25(17-24(28-30)22-14-15-23(31)16-22)29(18-20-10-6-4-7-11-20)26(32)33-19-21-12-8-5-9-13-21/h4-13,17,22-23,31H,14-16,18-19H2,1-3H3/t22-,23+/m0/s1. The molecule has 1 fully saturated rings. The fourth-order valence-corrected chi connectivity index (χ4v) is 4.30.